The number of hydrogen-bond donors (Lipinski definition) is 0. The van der Waals surface area contributed by atoms with E-state index in [4.69, 9.17) is 0 Å². The number of aldehydes is 1. The summed E-state index contributed by atoms with van der Waals surface area (Å²) in [5.74, 6) is -1.17. The second-order valence-corrected chi connectivity index (χ2v) is 3.03. The Labute approximate surface area is 86.3 Å². The summed E-state index contributed by atoms with van der Waals surface area (Å²) in [5.41, 5.74) is -0.836. The van der Waals surface area contributed by atoms with Crippen LogP contribution in [0, 0.1) is 5.95 Å². The van der Waals surface area contributed by atoms with Crippen molar-refractivity contribution in [1.29, 1.82) is 0 Å². The molecule has 0 bridgehead atoms. The number of carbonyl (C=O) groups excluding carboxylic acids is 1. The Balaban J connectivity index is 3.31. The van der Waals surface area contributed by atoms with E-state index in [-0.39, 0.29) is 22.7 Å². The first-order valence-electron chi connectivity index (χ1n) is 3.58. The van der Waals surface area contributed by atoms with Gasteiger partial charge in [-0.2, -0.15) is 4.39 Å². The fourth-order valence-corrected chi connectivity index (χ4v) is 1.39. The molecule has 1 rings (SSSR count). The van der Waals surface area contributed by atoms with Gasteiger partial charge in [0.2, 0.25) is 5.95 Å². The van der Waals surface area contributed by atoms with Crippen LogP contribution in [0.1, 0.15) is 28.0 Å². The molecule has 0 saturated carbocycles. The zero-order valence-electron chi connectivity index (χ0n) is 6.81. The van der Waals surface area contributed by atoms with Crippen molar-refractivity contribution in [3.63, 3.8) is 0 Å². The molecule has 1 aromatic heterocycles. The highest BCUT2D eigenvalue weighted by atomic mass is 79.9. The second kappa shape index (κ2) is 4.54. The van der Waals surface area contributed by atoms with Gasteiger partial charge in [-0.05, 0) is 11.6 Å². The highest BCUT2D eigenvalue weighted by Gasteiger charge is 2.17. The minimum absolute atomic E-state index is 0.0980. The van der Waals surface area contributed by atoms with Crippen LogP contribution in [0.3, 0.4) is 0 Å². The van der Waals surface area contributed by atoms with E-state index in [2.05, 4.69) is 20.9 Å². The summed E-state index contributed by atoms with van der Waals surface area (Å²) in [5, 5.41) is 0.0980. The molecule has 0 aliphatic carbocycles. The standard InChI is InChI=1S/C8H5BrF3NO/c9-2-4-1-5(3-14)8(12)13-6(4)7(10)11/h1,3,7H,2H2. The van der Waals surface area contributed by atoms with Crippen molar-refractivity contribution in [2.45, 2.75) is 11.8 Å². The van der Waals surface area contributed by atoms with E-state index in [1.165, 1.54) is 0 Å². The van der Waals surface area contributed by atoms with Gasteiger partial charge in [-0.15, -0.1) is 0 Å². The van der Waals surface area contributed by atoms with Gasteiger partial charge in [-0.1, -0.05) is 15.9 Å². The van der Waals surface area contributed by atoms with Crippen molar-refractivity contribution in [1.82, 2.24) is 4.98 Å². The van der Waals surface area contributed by atoms with Crippen LogP contribution in [0.2, 0.25) is 0 Å². The monoisotopic (exact) mass is 267 g/mol. The third kappa shape index (κ3) is 2.12. The molecule has 0 N–H and O–H groups in total. The molecule has 2 nitrogen and oxygen atoms in total. The predicted octanol–water partition coefficient (Wildman–Crippen LogP) is 2.87. The van der Waals surface area contributed by atoms with Crippen molar-refractivity contribution in [3.8, 4) is 0 Å². The second-order valence-electron chi connectivity index (χ2n) is 2.46. The van der Waals surface area contributed by atoms with Gasteiger partial charge in [-0.25, -0.2) is 13.8 Å². The Morgan fingerprint density at radius 2 is 2.21 bits per heavy atom. The Morgan fingerprint density at radius 3 is 2.64 bits per heavy atom. The molecule has 0 aromatic carbocycles. The van der Waals surface area contributed by atoms with Gasteiger partial charge in [0.1, 0.15) is 5.69 Å². The van der Waals surface area contributed by atoms with Gasteiger partial charge < -0.3 is 0 Å². The lowest BCUT2D eigenvalue weighted by molar-refractivity contribution is 0.111. The van der Waals surface area contributed by atoms with Gasteiger partial charge in [0.25, 0.3) is 6.43 Å². The third-order valence-corrected chi connectivity index (χ3v) is 2.20. The number of hydrogen-bond acceptors (Lipinski definition) is 2. The zero-order chi connectivity index (χ0) is 10.7. The molecule has 0 saturated heterocycles. The fraction of sp³-hybridized carbons (Fsp3) is 0.250. The van der Waals surface area contributed by atoms with Crippen molar-refractivity contribution in [2.24, 2.45) is 0 Å². The number of halogens is 4. The molecule has 0 aliphatic heterocycles. The first-order valence-corrected chi connectivity index (χ1v) is 4.71. The summed E-state index contributed by atoms with van der Waals surface area (Å²) in [6.07, 6.45) is -2.61. The van der Waals surface area contributed by atoms with Crippen LogP contribution in [0.5, 0.6) is 0 Å². The summed E-state index contributed by atoms with van der Waals surface area (Å²) in [6.45, 7) is 0. The van der Waals surface area contributed by atoms with Crippen molar-refractivity contribution >= 4 is 22.2 Å². The SMILES string of the molecule is O=Cc1cc(CBr)c(C(F)F)nc1F. The molecule has 0 fully saturated rings. The smallest absolute Gasteiger partial charge is 0.280 e. The molecule has 14 heavy (non-hydrogen) atoms. The van der Waals surface area contributed by atoms with Gasteiger partial charge in [0.15, 0.2) is 6.29 Å². The lowest BCUT2D eigenvalue weighted by Crippen LogP contribution is -2.03. The number of carbonyl (C=O) groups is 1. The summed E-state index contributed by atoms with van der Waals surface area (Å²) in [7, 11) is 0. The van der Waals surface area contributed by atoms with Crippen LogP contribution in [-0.4, -0.2) is 11.3 Å². The van der Waals surface area contributed by atoms with Gasteiger partial charge in [-0.3, -0.25) is 4.79 Å². The minimum atomic E-state index is -2.85. The molecular weight excluding hydrogens is 263 g/mol. The first kappa shape index (κ1) is 11.2. The molecule has 1 aromatic rings. The number of pyridine rings is 1. The van der Waals surface area contributed by atoms with E-state index in [1.807, 2.05) is 0 Å². The Morgan fingerprint density at radius 1 is 1.57 bits per heavy atom. The maximum absolute atomic E-state index is 12.8. The van der Waals surface area contributed by atoms with E-state index in [0.29, 0.717) is 0 Å². The largest absolute Gasteiger partial charge is 0.298 e. The van der Waals surface area contributed by atoms with Crippen LogP contribution < -0.4 is 0 Å². The summed E-state index contributed by atoms with van der Waals surface area (Å²) >= 11 is 2.95. The average Bonchev–Trinajstić information content (AvgIpc) is 2.17. The molecule has 6 heteroatoms. The Bertz CT molecular complexity index is 357. The van der Waals surface area contributed by atoms with Crippen LogP contribution in [0.25, 0.3) is 0 Å². The van der Waals surface area contributed by atoms with Crippen molar-refractivity contribution in [2.75, 3.05) is 0 Å². The first-order chi connectivity index (χ1) is 6.60. The molecule has 0 aliphatic rings. The van der Waals surface area contributed by atoms with Crippen LogP contribution in [-0.2, 0) is 5.33 Å². The third-order valence-electron chi connectivity index (χ3n) is 1.59. The minimum Gasteiger partial charge on any atom is -0.298 e. The maximum atomic E-state index is 12.8. The molecular formula is C8H5BrF3NO. The lowest BCUT2D eigenvalue weighted by atomic mass is 10.1. The topological polar surface area (TPSA) is 30.0 Å². The van der Waals surface area contributed by atoms with Crippen LogP contribution >= 0.6 is 15.9 Å². The van der Waals surface area contributed by atoms with Gasteiger partial charge in [0, 0.05) is 5.33 Å². The Kier molecular flexibility index (Phi) is 3.62. The summed E-state index contributed by atoms with van der Waals surface area (Å²) in [6, 6.07) is 1.06. The highest BCUT2D eigenvalue weighted by molar-refractivity contribution is 9.08. The normalized spacial score (nSPS) is 10.6. The van der Waals surface area contributed by atoms with E-state index in [0.717, 1.165) is 6.07 Å². The quantitative estimate of drug-likeness (QED) is 0.479. The Hall–Kier alpha value is -0.910. The zero-order valence-corrected chi connectivity index (χ0v) is 8.39. The number of aromatic nitrogens is 1. The highest BCUT2D eigenvalue weighted by Crippen LogP contribution is 2.24. The maximum Gasteiger partial charge on any atom is 0.280 e. The number of alkyl halides is 3. The van der Waals surface area contributed by atoms with Gasteiger partial charge >= 0.3 is 0 Å². The predicted molar refractivity (Wildman–Crippen MR) is 47.2 cm³/mol. The molecule has 76 valence electrons. The van der Waals surface area contributed by atoms with Crippen molar-refractivity contribution < 1.29 is 18.0 Å². The molecule has 0 radical (unpaired) electrons. The average molecular weight is 268 g/mol. The van der Waals surface area contributed by atoms with Crippen LogP contribution in [0.15, 0.2) is 6.07 Å². The van der Waals surface area contributed by atoms with E-state index in [1.54, 1.807) is 0 Å². The summed E-state index contributed by atoms with van der Waals surface area (Å²) in [4.78, 5) is 13.3. The van der Waals surface area contributed by atoms with E-state index < -0.39 is 18.1 Å². The van der Waals surface area contributed by atoms with Gasteiger partial charge in [0.05, 0.1) is 5.56 Å². The number of nitrogens with zero attached hydrogens (tertiary/aromatic N) is 1. The van der Waals surface area contributed by atoms with E-state index in [9.17, 15) is 18.0 Å². The number of rotatable bonds is 3. The molecule has 1 heterocycles. The molecule has 0 amide bonds. The van der Waals surface area contributed by atoms with E-state index >= 15 is 0 Å². The van der Waals surface area contributed by atoms with Crippen molar-refractivity contribution in [3.05, 3.63) is 28.8 Å². The van der Waals surface area contributed by atoms with Crippen LogP contribution in [0.4, 0.5) is 13.2 Å². The lowest BCUT2D eigenvalue weighted by Gasteiger charge is -2.06. The molecule has 0 unspecified atom stereocenters. The molecule has 0 atom stereocenters. The fourth-order valence-electron chi connectivity index (χ4n) is 0.942. The summed E-state index contributed by atoms with van der Waals surface area (Å²) < 4.78 is 37.4. The molecule has 0 spiro atoms.